The molecule has 4 rings (SSSR count). The third kappa shape index (κ3) is 4.46. The number of nitrogens with one attached hydrogen (secondary N) is 2. The minimum Gasteiger partial charge on any atom is -0.346 e. The predicted molar refractivity (Wildman–Crippen MR) is 118 cm³/mol. The van der Waals surface area contributed by atoms with Crippen LogP contribution in [0.3, 0.4) is 0 Å². The van der Waals surface area contributed by atoms with Gasteiger partial charge in [0.2, 0.25) is 11.8 Å². The fourth-order valence-corrected chi connectivity index (χ4v) is 4.50. The lowest BCUT2D eigenvalue weighted by atomic mass is 10.2. The maximum absolute atomic E-state index is 12.5. The van der Waals surface area contributed by atoms with E-state index in [4.69, 9.17) is 0 Å². The van der Waals surface area contributed by atoms with Gasteiger partial charge >= 0.3 is 0 Å². The molecule has 0 spiro atoms. The van der Waals surface area contributed by atoms with Crippen LogP contribution >= 0.6 is 11.8 Å². The van der Waals surface area contributed by atoms with Crippen LogP contribution in [-0.4, -0.2) is 47.2 Å². The van der Waals surface area contributed by atoms with Crippen molar-refractivity contribution in [2.24, 2.45) is 0 Å². The Bertz CT molecular complexity index is 1060. The molecular formula is C22H24N4O2S. The minimum absolute atomic E-state index is 0.128. The number of benzene rings is 2. The number of para-hydroxylation sites is 1. The van der Waals surface area contributed by atoms with E-state index in [-0.39, 0.29) is 18.2 Å². The summed E-state index contributed by atoms with van der Waals surface area (Å²) in [4.78, 5) is 28.0. The van der Waals surface area contributed by atoms with Crippen LogP contribution in [0.25, 0.3) is 10.9 Å². The van der Waals surface area contributed by atoms with Crippen molar-refractivity contribution in [2.45, 2.75) is 23.1 Å². The first-order valence-corrected chi connectivity index (χ1v) is 10.5. The van der Waals surface area contributed by atoms with E-state index in [2.05, 4.69) is 46.5 Å². The summed E-state index contributed by atoms with van der Waals surface area (Å²) in [5.41, 5.74) is 2.70. The van der Waals surface area contributed by atoms with Crippen LogP contribution in [-0.2, 0) is 16.1 Å². The maximum Gasteiger partial charge on any atom is 0.238 e. The third-order valence-electron chi connectivity index (χ3n) is 4.92. The van der Waals surface area contributed by atoms with Gasteiger partial charge in [0.05, 0.1) is 10.9 Å². The molecule has 1 aliphatic rings. The summed E-state index contributed by atoms with van der Waals surface area (Å²) in [6.45, 7) is 1.88. The van der Waals surface area contributed by atoms with Crippen molar-refractivity contribution in [3.05, 3.63) is 54.7 Å². The van der Waals surface area contributed by atoms with Gasteiger partial charge in [-0.1, -0.05) is 12.1 Å². The fraction of sp³-hybridized carbons (Fsp3) is 0.273. The Morgan fingerprint density at radius 3 is 2.86 bits per heavy atom. The zero-order valence-corrected chi connectivity index (χ0v) is 17.3. The second-order valence-electron chi connectivity index (χ2n) is 7.43. The Morgan fingerprint density at radius 1 is 1.21 bits per heavy atom. The number of rotatable bonds is 6. The van der Waals surface area contributed by atoms with Crippen LogP contribution in [0.2, 0.25) is 0 Å². The smallest absolute Gasteiger partial charge is 0.238 e. The van der Waals surface area contributed by atoms with Crippen LogP contribution in [0.4, 0.5) is 11.4 Å². The number of hydrogen-bond acceptors (Lipinski definition) is 4. The van der Waals surface area contributed by atoms with E-state index in [0.29, 0.717) is 0 Å². The van der Waals surface area contributed by atoms with Crippen molar-refractivity contribution < 1.29 is 9.59 Å². The lowest BCUT2D eigenvalue weighted by molar-refractivity contribution is -0.120. The highest BCUT2D eigenvalue weighted by molar-refractivity contribution is 8.01. The fourth-order valence-electron chi connectivity index (χ4n) is 3.39. The van der Waals surface area contributed by atoms with Gasteiger partial charge in [0, 0.05) is 47.2 Å². The molecule has 0 aliphatic carbocycles. The van der Waals surface area contributed by atoms with Crippen molar-refractivity contribution in [2.75, 3.05) is 31.3 Å². The van der Waals surface area contributed by atoms with E-state index in [1.54, 1.807) is 0 Å². The first-order chi connectivity index (χ1) is 14.0. The highest BCUT2D eigenvalue weighted by atomic mass is 32.2. The lowest BCUT2D eigenvalue weighted by Crippen LogP contribution is -2.32. The molecule has 0 saturated heterocycles. The summed E-state index contributed by atoms with van der Waals surface area (Å²) < 4.78 is 2.21. The van der Waals surface area contributed by atoms with Crippen LogP contribution in [0.15, 0.2) is 59.6 Å². The quantitative estimate of drug-likeness (QED) is 0.654. The average molecular weight is 409 g/mol. The summed E-state index contributed by atoms with van der Waals surface area (Å²) in [7, 11) is 4.12. The molecule has 1 aliphatic heterocycles. The zero-order chi connectivity index (χ0) is 20.4. The van der Waals surface area contributed by atoms with Crippen LogP contribution in [0, 0.1) is 0 Å². The second kappa shape index (κ2) is 8.31. The van der Waals surface area contributed by atoms with Gasteiger partial charge in [-0.2, -0.15) is 0 Å². The largest absolute Gasteiger partial charge is 0.346 e. The Hall–Kier alpha value is -2.77. The lowest BCUT2D eigenvalue weighted by Gasteiger charge is -2.23. The Kier molecular flexibility index (Phi) is 5.60. The molecule has 1 aromatic heterocycles. The summed E-state index contributed by atoms with van der Waals surface area (Å²) in [5, 5.41) is 6.47. The van der Waals surface area contributed by atoms with Gasteiger partial charge in [-0.3, -0.25) is 9.59 Å². The standard InChI is InChI=1S/C22H24N4O2S/c1-25(2)11-12-26-10-9-15-13-16(7-8-18(15)26)23-21(27)14-20-22(28)24-17-5-3-4-6-19(17)29-20/h3-10,13,20H,11-12,14H2,1-2H3,(H,23,27)(H,24,28). The van der Waals surface area contributed by atoms with Gasteiger partial charge in [-0.05, 0) is 50.5 Å². The summed E-state index contributed by atoms with van der Waals surface area (Å²) in [5.74, 6) is -0.291. The molecule has 150 valence electrons. The van der Waals surface area contributed by atoms with Gasteiger partial charge in [0.1, 0.15) is 0 Å². The van der Waals surface area contributed by atoms with E-state index in [1.807, 2.05) is 42.5 Å². The van der Waals surface area contributed by atoms with E-state index in [1.165, 1.54) is 11.8 Å². The van der Waals surface area contributed by atoms with Crippen molar-refractivity contribution >= 4 is 45.9 Å². The molecule has 3 aromatic rings. The number of thioether (sulfide) groups is 1. The van der Waals surface area contributed by atoms with E-state index >= 15 is 0 Å². The number of carbonyl (C=O) groups excluding carboxylic acids is 2. The van der Waals surface area contributed by atoms with Gasteiger partial charge in [-0.15, -0.1) is 11.8 Å². The van der Waals surface area contributed by atoms with Gasteiger partial charge in [-0.25, -0.2) is 0 Å². The molecule has 1 atom stereocenters. The topological polar surface area (TPSA) is 66.4 Å². The molecule has 7 heteroatoms. The van der Waals surface area contributed by atoms with Crippen LogP contribution in [0.5, 0.6) is 0 Å². The number of nitrogens with zero attached hydrogens (tertiary/aromatic N) is 2. The number of hydrogen-bond donors (Lipinski definition) is 2. The zero-order valence-electron chi connectivity index (χ0n) is 16.5. The first-order valence-electron chi connectivity index (χ1n) is 9.59. The number of aromatic nitrogens is 1. The van der Waals surface area contributed by atoms with Crippen molar-refractivity contribution in [3.63, 3.8) is 0 Å². The molecule has 2 amide bonds. The SMILES string of the molecule is CN(C)CCn1ccc2cc(NC(=O)CC3Sc4ccccc4NC3=O)ccc21. The molecule has 1 unspecified atom stereocenters. The first kappa shape index (κ1) is 19.5. The molecule has 29 heavy (non-hydrogen) atoms. The number of likely N-dealkylation sites (N-methyl/N-ethyl adjacent to an activating group) is 1. The molecule has 0 bridgehead atoms. The molecule has 0 radical (unpaired) electrons. The summed E-state index contributed by atoms with van der Waals surface area (Å²) in [6.07, 6.45) is 2.20. The Morgan fingerprint density at radius 2 is 2.03 bits per heavy atom. The Labute approximate surface area is 174 Å². The van der Waals surface area contributed by atoms with E-state index in [9.17, 15) is 9.59 Å². The summed E-state index contributed by atoms with van der Waals surface area (Å²) in [6, 6.07) is 15.6. The minimum atomic E-state index is -0.430. The Balaban J connectivity index is 1.41. The molecule has 2 N–H and O–H groups in total. The van der Waals surface area contributed by atoms with E-state index in [0.717, 1.165) is 40.3 Å². The summed E-state index contributed by atoms with van der Waals surface area (Å²) >= 11 is 1.44. The van der Waals surface area contributed by atoms with E-state index < -0.39 is 5.25 Å². The highest BCUT2D eigenvalue weighted by Gasteiger charge is 2.28. The monoisotopic (exact) mass is 408 g/mol. The number of fused-ring (bicyclic) bond motifs is 2. The molecule has 2 heterocycles. The van der Waals surface area contributed by atoms with Crippen molar-refractivity contribution in [1.29, 1.82) is 0 Å². The van der Waals surface area contributed by atoms with Crippen LogP contribution < -0.4 is 10.6 Å². The normalized spacial score (nSPS) is 16.0. The van der Waals surface area contributed by atoms with Gasteiger partial charge < -0.3 is 20.1 Å². The molecular weight excluding hydrogens is 384 g/mol. The van der Waals surface area contributed by atoms with Crippen molar-refractivity contribution in [3.8, 4) is 0 Å². The predicted octanol–water partition coefficient (Wildman–Crippen LogP) is 3.64. The van der Waals surface area contributed by atoms with Crippen LogP contribution in [0.1, 0.15) is 6.42 Å². The number of anilines is 2. The second-order valence-corrected chi connectivity index (χ2v) is 8.67. The molecule has 0 fully saturated rings. The highest BCUT2D eigenvalue weighted by Crippen LogP contribution is 2.36. The number of amides is 2. The van der Waals surface area contributed by atoms with Gasteiger partial charge in [0.15, 0.2) is 0 Å². The molecule has 2 aromatic carbocycles. The average Bonchev–Trinajstić information content (AvgIpc) is 3.09. The molecule has 0 saturated carbocycles. The maximum atomic E-state index is 12.5. The number of carbonyl (C=O) groups is 2. The molecule has 6 nitrogen and oxygen atoms in total. The van der Waals surface area contributed by atoms with Crippen molar-refractivity contribution in [1.82, 2.24) is 9.47 Å². The third-order valence-corrected chi connectivity index (χ3v) is 6.20. The van der Waals surface area contributed by atoms with Gasteiger partial charge in [0.25, 0.3) is 0 Å².